The van der Waals surface area contributed by atoms with Crippen LogP contribution in [0.3, 0.4) is 0 Å². The van der Waals surface area contributed by atoms with Crippen LogP contribution in [0.1, 0.15) is 322 Å². The van der Waals surface area contributed by atoms with Crippen molar-refractivity contribution >= 4 is 5.91 Å². The van der Waals surface area contributed by atoms with Gasteiger partial charge in [-0.1, -0.05) is 309 Å². The Labute approximate surface area is 501 Å². The highest BCUT2D eigenvalue weighted by Crippen LogP contribution is 2.30. The molecule has 2 rings (SSSR count). The smallest absolute Gasteiger partial charge is 0.220 e. The number of aliphatic hydroxyl groups is 8. The molecule has 2 aliphatic heterocycles. The number of amides is 1. The van der Waals surface area contributed by atoms with Crippen LogP contribution in [0, 0.1) is 0 Å². The molecule has 14 heteroatoms. The second-order valence-electron chi connectivity index (χ2n) is 25.0. The van der Waals surface area contributed by atoms with E-state index >= 15 is 0 Å². The maximum Gasteiger partial charge on any atom is 0.220 e. The van der Waals surface area contributed by atoms with Gasteiger partial charge in [-0.15, -0.1) is 0 Å². The molecule has 0 aromatic carbocycles. The highest BCUT2D eigenvalue weighted by Gasteiger charge is 2.51. The summed E-state index contributed by atoms with van der Waals surface area (Å²) in [4.78, 5) is 13.3. The topological polar surface area (TPSA) is 228 Å². The van der Waals surface area contributed by atoms with Crippen LogP contribution in [0.5, 0.6) is 0 Å². The summed E-state index contributed by atoms with van der Waals surface area (Å²) in [6.45, 7) is 2.86. The Morgan fingerprint density at radius 1 is 0.427 bits per heavy atom. The SMILES string of the molecule is CCCCCCCCCCCCCCCCCCCCCCCCCCC/C=C/C(O)C(COC1OC(CO)C(OC2OC(CO)C(O)C(O)C2O)C(O)C1O)NC(=O)CCCCCCCCCCCCCCCCCCCCCCC. The molecule has 12 unspecified atom stereocenters. The fraction of sp³-hybridized carbons (Fsp3) is 0.956. The van der Waals surface area contributed by atoms with Crippen molar-refractivity contribution in [1.29, 1.82) is 0 Å². The molecule has 0 aliphatic carbocycles. The number of allylic oxidation sites excluding steroid dienone is 1. The number of hydrogen-bond donors (Lipinski definition) is 9. The summed E-state index contributed by atoms with van der Waals surface area (Å²) in [7, 11) is 0. The summed E-state index contributed by atoms with van der Waals surface area (Å²) in [6, 6.07) is -0.911. The predicted molar refractivity (Wildman–Crippen MR) is 332 cm³/mol. The number of nitrogens with one attached hydrogen (secondary N) is 1. The van der Waals surface area contributed by atoms with Crippen LogP contribution in [0.25, 0.3) is 0 Å². The zero-order valence-electron chi connectivity index (χ0n) is 52.8. The zero-order valence-corrected chi connectivity index (χ0v) is 52.8. The van der Waals surface area contributed by atoms with Crippen molar-refractivity contribution in [1.82, 2.24) is 5.32 Å². The quantitative estimate of drug-likeness (QED) is 0.0204. The lowest BCUT2D eigenvalue weighted by Crippen LogP contribution is -2.65. The second-order valence-corrected chi connectivity index (χ2v) is 25.0. The van der Waals surface area contributed by atoms with E-state index < -0.39 is 86.8 Å². The Bertz CT molecular complexity index is 1420. The highest BCUT2D eigenvalue weighted by molar-refractivity contribution is 5.76. The largest absolute Gasteiger partial charge is 0.394 e. The van der Waals surface area contributed by atoms with Crippen molar-refractivity contribution in [2.24, 2.45) is 0 Å². The molecule has 0 aromatic heterocycles. The van der Waals surface area contributed by atoms with Crippen LogP contribution in [0.4, 0.5) is 0 Å². The maximum atomic E-state index is 13.3. The Kier molecular flexibility index (Phi) is 50.5. The fourth-order valence-corrected chi connectivity index (χ4v) is 11.9. The van der Waals surface area contributed by atoms with Gasteiger partial charge < -0.3 is 65.1 Å². The number of carbonyl (C=O) groups is 1. The molecule has 14 nitrogen and oxygen atoms in total. The first-order chi connectivity index (χ1) is 40.1. The molecule has 0 aromatic rings. The Balaban J connectivity index is 1.68. The third kappa shape index (κ3) is 38.1. The lowest BCUT2D eigenvalue weighted by molar-refractivity contribution is -0.359. The molecule has 1 amide bonds. The lowest BCUT2D eigenvalue weighted by Gasteiger charge is -2.46. The van der Waals surface area contributed by atoms with E-state index in [1.54, 1.807) is 6.08 Å². The van der Waals surface area contributed by atoms with Gasteiger partial charge in [0.1, 0.15) is 48.8 Å². The van der Waals surface area contributed by atoms with E-state index in [0.29, 0.717) is 6.42 Å². The summed E-state index contributed by atoms with van der Waals surface area (Å²) in [6.07, 6.45) is 48.4. The van der Waals surface area contributed by atoms with Crippen molar-refractivity contribution in [2.75, 3.05) is 19.8 Å². The van der Waals surface area contributed by atoms with Gasteiger partial charge in [-0.3, -0.25) is 4.79 Å². The Hall–Kier alpha value is -1.27. The molecular weight excluding hydrogens is 1040 g/mol. The normalized spacial score (nSPS) is 23.9. The fourth-order valence-electron chi connectivity index (χ4n) is 11.9. The minimum atomic E-state index is -1.79. The molecule has 0 saturated carbocycles. The van der Waals surface area contributed by atoms with Gasteiger partial charge in [0.25, 0.3) is 0 Å². The average molecular weight is 1170 g/mol. The Morgan fingerprint density at radius 3 is 1.12 bits per heavy atom. The molecule has 486 valence electrons. The van der Waals surface area contributed by atoms with Gasteiger partial charge in [-0.05, 0) is 19.3 Å². The van der Waals surface area contributed by atoms with E-state index in [9.17, 15) is 45.6 Å². The first kappa shape index (κ1) is 76.8. The molecule has 2 saturated heterocycles. The van der Waals surface area contributed by atoms with Crippen LogP contribution in [-0.4, -0.2) is 140 Å². The van der Waals surface area contributed by atoms with Crippen LogP contribution in [-0.2, 0) is 23.7 Å². The van der Waals surface area contributed by atoms with Crippen molar-refractivity contribution < 1.29 is 64.6 Å². The van der Waals surface area contributed by atoms with Gasteiger partial charge in [-0.25, -0.2) is 0 Å². The molecule has 0 bridgehead atoms. The average Bonchev–Trinajstić information content (AvgIpc) is 3.67. The minimum Gasteiger partial charge on any atom is -0.394 e. The minimum absolute atomic E-state index is 0.231. The van der Waals surface area contributed by atoms with E-state index in [2.05, 4.69) is 19.2 Å². The van der Waals surface area contributed by atoms with Gasteiger partial charge in [0, 0.05) is 6.42 Å². The van der Waals surface area contributed by atoms with Crippen LogP contribution in [0.15, 0.2) is 12.2 Å². The second kappa shape index (κ2) is 53.9. The third-order valence-electron chi connectivity index (χ3n) is 17.5. The van der Waals surface area contributed by atoms with Crippen molar-refractivity contribution in [3.05, 3.63) is 12.2 Å². The first-order valence-corrected chi connectivity index (χ1v) is 34.9. The van der Waals surface area contributed by atoms with Crippen molar-refractivity contribution in [3.8, 4) is 0 Å². The number of unbranched alkanes of at least 4 members (excludes halogenated alkanes) is 45. The molecule has 2 aliphatic rings. The van der Waals surface area contributed by atoms with Crippen LogP contribution < -0.4 is 5.32 Å². The summed E-state index contributed by atoms with van der Waals surface area (Å²) in [5.74, 6) is -0.231. The van der Waals surface area contributed by atoms with Crippen LogP contribution in [0.2, 0.25) is 0 Å². The van der Waals surface area contributed by atoms with E-state index in [0.717, 1.165) is 38.5 Å². The molecule has 0 spiro atoms. The van der Waals surface area contributed by atoms with E-state index in [-0.39, 0.29) is 18.9 Å². The summed E-state index contributed by atoms with van der Waals surface area (Å²) >= 11 is 0. The van der Waals surface area contributed by atoms with Gasteiger partial charge in [-0.2, -0.15) is 0 Å². The first-order valence-electron chi connectivity index (χ1n) is 34.9. The standard InChI is InChI=1S/C68H131NO13/c1-3-5-7-9-11-13-15-17-19-21-23-25-26-27-28-29-30-32-33-35-37-39-41-43-45-47-49-51-57(72)56(55-79-67-65(78)63(76)66(59(54-71)81-67)82-68-64(77)62(75)61(74)58(53-70)80-68)69-60(73)52-50-48-46-44-42-40-38-36-34-31-24-22-20-18-16-14-12-10-8-6-4-2/h49,51,56-59,61-68,70-72,74-78H,3-48,50,52-55H2,1-2H3,(H,69,73)/b51-49+. The molecule has 2 heterocycles. The van der Waals surface area contributed by atoms with Gasteiger partial charge in [0.2, 0.25) is 5.91 Å². The lowest BCUT2D eigenvalue weighted by atomic mass is 9.97. The molecule has 12 atom stereocenters. The highest BCUT2D eigenvalue weighted by atomic mass is 16.7. The third-order valence-corrected chi connectivity index (χ3v) is 17.5. The number of aliphatic hydroxyl groups excluding tert-OH is 8. The zero-order chi connectivity index (χ0) is 59.5. The number of hydrogen-bond acceptors (Lipinski definition) is 13. The molecular formula is C68H131NO13. The summed E-state index contributed by atoms with van der Waals surface area (Å²) < 4.78 is 22.9. The van der Waals surface area contributed by atoms with Gasteiger partial charge >= 0.3 is 0 Å². The maximum absolute atomic E-state index is 13.3. The molecule has 0 radical (unpaired) electrons. The predicted octanol–water partition coefficient (Wildman–Crippen LogP) is 13.8. The number of carbonyl (C=O) groups excluding carboxylic acids is 1. The summed E-state index contributed by atoms with van der Waals surface area (Å²) in [5, 5.41) is 87.4. The van der Waals surface area contributed by atoms with Gasteiger partial charge in [0.05, 0.1) is 32.0 Å². The van der Waals surface area contributed by atoms with Crippen molar-refractivity contribution in [3.63, 3.8) is 0 Å². The molecule has 82 heavy (non-hydrogen) atoms. The van der Waals surface area contributed by atoms with Gasteiger partial charge in [0.15, 0.2) is 12.6 Å². The van der Waals surface area contributed by atoms with E-state index in [1.165, 1.54) is 257 Å². The molecule has 9 N–H and O–H groups in total. The van der Waals surface area contributed by atoms with Crippen molar-refractivity contribution in [2.45, 2.75) is 396 Å². The Morgan fingerprint density at radius 2 is 0.756 bits per heavy atom. The number of ether oxygens (including phenoxy) is 4. The van der Waals surface area contributed by atoms with Crippen LogP contribution >= 0.6 is 0 Å². The molecule has 2 fully saturated rings. The summed E-state index contributed by atoms with van der Waals surface area (Å²) in [5.41, 5.74) is 0. The monoisotopic (exact) mass is 1170 g/mol. The van der Waals surface area contributed by atoms with E-state index in [4.69, 9.17) is 18.9 Å². The number of rotatable bonds is 58. The van der Waals surface area contributed by atoms with E-state index in [1.807, 2.05) is 6.08 Å².